The van der Waals surface area contributed by atoms with Gasteiger partial charge in [0.2, 0.25) is 10.0 Å². The van der Waals surface area contributed by atoms with Crippen LogP contribution >= 0.6 is 11.6 Å². The number of nitrogens with zero attached hydrogens (tertiary/aromatic N) is 4. The van der Waals surface area contributed by atoms with Gasteiger partial charge in [-0.2, -0.15) is 4.31 Å². The molecule has 4 rings (SSSR count). The van der Waals surface area contributed by atoms with Crippen LogP contribution in [0.5, 0.6) is 11.5 Å². The third kappa shape index (κ3) is 4.50. The SMILES string of the molecule is COc1ccc(OC)c(-c2ccc(N3CCN(S(=O)(=O)c4ccc(Cl)cc4)CC3)nn2)c1. The van der Waals surface area contributed by atoms with Crippen molar-refractivity contribution >= 4 is 27.4 Å². The van der Waals surface area contributed by atoms with E-state index in [-0.39, 0.29) is 4.90 Å². The molecule has 2 aromatic carbocycles. The summed E-state index contributed by atoms with van der Waals surface area (Å²) in [5.41, 5.74) is 1.44. The number of halogens is 1. The molecule has 0 N–H and O–H groups in total. The van der Waals surface area contributed by atoms with Crippen LogP contribution in [0.2, 0.25) is 5.02 Å². The van der Waals surface area contributed by atoms with Crippen molar-refractivity contribution in [2.24, 2.45) is 0 Å². The Bertz CT molecular complexity index is 1180. The predicted octanol–water partition coefficient (Wildman–Crippen LogP) is 3.33. The molecule has 0 saturated carbocycles. The lowest BCUT2D eigenvalue weighted by atomic mass is 10.1. The van der Waals surface area contributed by atoms with Gasteiger partial charge in [0, 0.05) is 36.8 Å². The maximum atomic E-state index is 12.9. The summed E-state index contributed by atoms with van der Waals surface area (Å²) in [5.74, 6) is 2.07. The number of benzene rings is 2. The normalized spacial score (nSPS) is 14.9. The molecule has 1 fully saturated rings. The van der Waals surface area contributed by atoms with Crippen LogP contribution in [0.1, 0.15) is 0 Å². The Hall–Kier alpha value is -2.88. The van der Waals surface area contributed by atoms with Gasteiger partial charge in [-0.25, -0.2) is 8.42 Å². The maximum Gasteiger partial charge on any atom is 0.243 e. The molecule has 32 heavy (non-hydrogen) atoms. The monoisotopic (exact) mass is 474 g/mol. The average Bonchev–Trinajstić information content (AvgIpc) is 2.84. The summed E-state index contributed by atoms with van der Waals surface area (Å²) >= 11 is 5.88. The van der Waals surface area contributed by atoms with Crippen molar-refractivity contribution in [2.75, 3.05) is 45.3 Å². The molecular weight excluding hydrogens is 452 g/mol. The first kappa shape index (κ1) is 22.3. The number of aromatic nitrogens is 2. The fourth-order valence-electron chi connectivity index (χ4n) is 3.56. The number of piperazine rings is 1. The van der Waals surface area contributed by atoms with Crippen LogP contribution < -0.4 is 14.4 Å². The molecule has 10 heteroatoms. The van der Waals surface area contributed by atoms with Crippen molar-refractivity contribution in [3.63, 3.8) is 0 Å². The quantitative estimate of drug-likeness (QED) is 0.541. The van der Waals surface area contributed by atoms with Crippen LogP contribution in [0.25, 0.3) is 11.3 Å². The zero-order valence-electron chi connectivity index (χ0n) is 17.7. The second-order valence-corrected chi connectivity index (χ2v) is 9.56. The Morgan fingerprint density at radius 1 is 0.875 bits per heavy atom. The minimum absolute atomic E-state index is 0.242. The van der Waals surface area contributed by atoms with Crippen molar-refractivity contribution in [3.05, 3.63) is 59.6 Å². The van der Waals surface area contributed by atoms with Gasteiger partial charge in [-0.15, -0.1) is 10.2 Å². The molecule has 2 heterocycles. The zero-order chi connectivity index (χ0) is 22.7. The van der Waals surface area contributed by atoms with E-state index in [1.165, 1.54) is 16.4 Å². The van der Waals surface area contributed by atoms with Crippen molar-refractivity contribution in [2.45, 2.75) is 4.90 Å². The number of hydrogen-bond donors (Lipinski definition) is 0. The summed E-state index contributed by atoms with van der Waals surface area (Å²) in [6.45, 7) is 1.75. The highest BCUT2D eigenvalue weighted by Gasteiger charge is 2.29. The lowest BCUT2D eigenvalue weighted by molar-refractivity contribution is 0.383. The Morgan fingerprint density at radius 3 is 2.19 bits per heavy atom. The van der Waals surface area contributed by atoms with E-state index in [1.54, 1.807) is 26.4 Å². The smallest absolute Gasteiger partial charge is 0.243 e. The molecular formula is C22H23ClN4O4S. The molecule has 1 aromatic heterocycles. The largest absolute Gasteiger partial charge is 0.497 e. The molecule has 1 aliphatic heterocycles. The van der Waals surface area contributed by atoms with Crippen LogP contribution in [-0.4, -0.2) is 63.3 Å². The Morgan fingerprint density at radius 2 is 1.59 bits per heavy atom. The summed E-state index contributed by atoms with van der Waals surface area (Å²) in [4.78, 5) is 2.26. The van der Waals surface area contributed by atoms with Gasteiger partial charge < -0.3 is 14.4 Å². The summed E-state index contributed by atoms with van der Waals surface area (Å²) in [6, 6.07) is 15.5. The minimum Gasteiger partial charge on any atom is -0.497 e. The third-order valence-electron chi connectivity index (χ3n) is 5.35. The number of ether oxygens (including phenoxy) is 2. The zero-order valence-corrected chi connectivity index (χ0v) is 19.3. The Kier molecular flexibility index (Phi) is 6.50. The second-order valence-electron chi connectivity index (χ2n) is 7.19. The van der Waals surface area contributed by atoms with Crippen LogP contribution in [0.3, 0.4) is 0 Å². The number of sulfonamides is 1. The van der Waals surface area contributed by atoms with Crippen LogP contribution in [-0.2, 0) is 10.0 Å². The van der Waals surface area contributed by atoms with E-state index >= 15 is 0 Å². The van der Waals surface area contributed by atoms with Crippen molar-refractivity contribution < 1.29 is 17.9 Å². The van der Waals surface area contributed by atoms with Gasteiger partial charge in [-0.3, -0.25) is 0 Å². The third-order valence-corrected chi connectivity index (χ3v) is 7.51. The van der Waals surface area contributed by atoms with Gasteiger partial charge in [-0.1, -0.05) is 11.6 Å². The van der Waals surface area contributed by atoms with Crippen molar-refractivity contribution in [3.8, 4) is 22.8 Å². The predicted molar refractivity (Wildman–Crippen MR) is 123 cm³/mol. The lowest BCUT2D eigenvalue weighted by Gasteiger charge is -2.34. The number of methoxy groups -OCH3 is 2. The number of rotatable bonds is 6. The molecule has 168 valence electrons. The number of hydrogen-bond acceptors (Lipinski definition) is 7. The molecule has 3 aromatic rings. The standard InChI is InChI=1S/C22H23ClN4O4S/c1-30-17-5-9-21(31-2)19(15-17)20-8-10-22(25-24-20)26-11-13-27(14-12-26)32(28,29)18-6-3-16(23)4-7-18/h3-10,15H,11-14H2,1-2H3. The maximum absolute atomic E-state index is 12.9. The molecule has 0 bridgehead atoms. The molecule has 0 aliphatic carbocycles. The molecule has 0 radical (unpaired) electrons. The van der Waals surface area contributed by atoms with Gasteiger partial charge in [-0.05, 0) is 54.6 Å². The summed E-state index contributed by atoms with van der Waals surface area (Å²) in [6.07, 6.45) is 0. The average molecular weight is 475 g/mol. The summed E-state index contributed by atoms with van der Waals surface area (Å²) in [7, 11) is -0.349. The lowest BCUT2D eigenvalue weighted by Crippen LogP contribution is -2.48. The first-order valence-electron chi connectivity index (χ1n) is 9.99. The van der Waals surface area contributed by atoms with Gasteiger partial charge in [0.15, 0.2) is 5.82 Å². The minimum atomic E-state index is -3.56. The van der Waals surface area contributed by atoms with E-state index in [0.717, 1.165) is 5.56 Å². The van der Waals surface area contributed by atoms with Crippen LogP contribution in [0, 0.1) is 0 Å². The van der Waals surface area contributed by atoms with Gasteiger partial charge in [0.25, 0.3) is 0 Å². The molecule has 0 unspecified atom stereocenters. The molecule has 1 aliphatic rings. The molecule has 0 spiro atoms. The fraction of sp³-hybridized carbons (Fsp3) is 0.273. The Labute approximate surface area is 192 Å². The van der Waals surface area contributed by atoms with Crippen molar-refractivity contribution in [1.29, 1.82) is 0 Å². The van der Waals surface area contributed by atoms with Crippen LogP contribution in [0.4, 0.5) is 5.82 Å². The van der Waals surface area contributed by atoms with E-state index in [4.69, 9.17) is 21.1 Å². The highest BCUT2D eigenvalue weighted by Crippen LogP contribution is 2.32. The molecule has 0 amide bonds. The highest BCUT2D eigenvalue weighted by atomic mass is 35.5. The summed E-state index contributed by atoms with van der Waals surface area (Å²) in [5, 5.41) is 9.22. The number of anilines is 1. The van der Waals surface area contributed by atoms with E-state index in [0.29, 0.717) is 54.2 Å². The van der Waals surface area contributed by atoms with Crippen LogP contribution in [0.15, 0.2) is 59.5 Å². The van der Waals surface area contributed by atoms with Gasteiger partial charge in [0.05, 0.1) is 24.8 Å². The second kappa shape index (κ2) is 9.32. The van der Waals surface area contributed by atoms with E-state index < -0.39 is 10.0 Å². The van der Waals surface area contributed by atoms with Crippen molar-refractivity contribution in [1.82, 2.24) is 14.5 Å². The van der Waals surface area contributed by atoms with E-state index in [1.807, 2.05) is 35.2 Å². The van der Waals surface area contributed by atoms with E-state index in [9.17, 15) is 8.42 Å². The molecule has 8 nitrogen and oxygen atoms in total. The highest BCUT2D eigenvalue weighted by molar-refractivity contribution is 7.89. The van der Waals surface area contributed by atoms with Gasteiger partial charge in [0.1, 0.15) is 11.5 Å². The first-order chi connectivity index (χ1) is 15.4. The Balaban J connectivity index is 1.46. The summed E-state index contributed by atoms with van der Waals surface area (Å²) < 4.78 is 37.9. The molecule has 1 saturated heterocycles. The van der Waals surface area contributed by atoms with E-state index in [2.05, 4.69) is 10.2 Å². The first-order valence-corrected chi connectivity index (χ1v) is 11.8. The molecule has 0 atom stereocenters. The topological polar surface area (TPSA) is 84.9 Å². The fourth-order valence-corrected chi connectivity index (χ4v) is 5.11. The van der Waals surface area contributed by atoms with Gasteiger partial charge >= 0.3 is 0 Å².